The number of para-hydroxylation sites is 1. The van der Waals surface area contributed by atoms with Gasteiger partial charge in [-0.3, -0.25) is 4.79 Å². The Labute approximate surface area is 115 Å². The number of carboxylic acid groups (broad SMARTS) is 1. The van der Waals surface area contributed by atoms with Gasteiger partial charge >= 0.3 is 11.9 Å². The molecule has 1 aliphatic heterocycles. The Hall–Kier alpha value is -2.37. The van der Waals surface area contributed by atoms with E-state index in [1.165, 1.54) is 18.9 Å². The van der Waals surface area contributed by atoms with Crippen molar-refractivity contribution < 1.29 is 23.8 Å². The van der Waals surface area contributed by atoms with E-state index in [-0.39, 0.29) is 6.61 Å². The average molecular weight is 279 g/mol. The van der Waals surface area contributed by atoms with Gasteiger partial charge in [-0.15, -0.1) is 0 Å². The molecule has 0 spiro atoms. The summed E-state index contributed by atoms with van der Waals surface area (Å²) in [4.78, 5) is 23.4. The molecular weight excluding hydrogens is 265 g/mol. The topological polar surface area (TPSA) is 66.8 Å². The lowest BCUT2D eigenvalue weighted by Gasteiger charge is -2.32. The largest absolute Gasteiger partial charge is 0.478 e. The third-order valence-electron chi connectivity index (χ3n) is 3.22. The summed E-state index contributed by atoms with van der Waals surface area (Å²) in [5.41, 5.74) is 0.787. The van der Waals surface area contributed by atoms with Crippen LogP contribution in [-0.4, -0.2) is 30.7 Å². The molecule has 0 saturated heterocycles. The Bertz CT molecular complexity index is 597. The number of benzene rings is 1. The van der Waals surface area contributed by atoms with Crippen LogP contribution in [0.1, 0.15) is 18.4 Å². The first kappa shape index (κ1) is 14.0. The van der Waals surface area contributed by atoms with Crippen LogP contribution in [0.3, 0.4) is 0 Å². The molecule has 1 atom stereocenters. The number of carbonyl (C=O) groups excluding carboxylic acids is 1. The molecule has 0 bridgehead atoms. The number of esters is 1. The van der Waals surface area contributed by atoms with Crippen LogP contribution in [0.5, 0.6) is 0 Å². The molecule has 20 heavy (non-hydrogen) atoms. The number of anilines is 1. The van der Waals surface area contributed by atoms with E-state index < -0.39 is 29.4 Å². The van der Waals surface area contributed by atoms with Crippen LogP contribution < -0.4 is 4.90 Å². The Morgan fingerprint density at radius 1 is 1.40 bits per heavy atom. The molecule has 1 aliphatic rings. The average Bonchev–Trinajstić information content (AvgIpc) is 2.40. The highest BCUT2D eigenvalue weighted by Crippen LogP contribution is 2.41. The van der Waals surface area contributed by atoms with E-state index in [9.17, 15) is 19.1 Å². The van der Waals surface area contributed by atoms with E-state index >= 15 is 0 Å². The van der Waals surface area contributed by atoms with Gasteiger partial charge in [0.2, 0.25) is 5.95 Å². The van der Waals surface area contributed by atoms with E-state index in [0.717, 1.165) is 0 Å². The van der Waals surface area contributed by atoms with Gasteiger partial charge in [-0.1, -0.05) is 18.2 Å². The minimum absolute atomic E-state index is 0.199. The molecule has 0 fully saturated rings. The maximum atomic E-state index is 14.2. The minimum atomic E-state index is -1.36. The monoisotopic (exact) mass is 279 g/mol. The van der Waals surface area contributed by atoms with Crippen LogP contribution in [0, 0.1) is 0 Å². The molecule has 1 heterocycles. The zero-order valence-corrected chi connectivity index (χ0v) is 11.1. The quantitative estimate of drug-likeness (QED) is 0.677. The summed E-state index contributed by atoms with van der Waals surface area (Å²) in [6, 6.07) is 6.86. The van der Waals surface area contributed by atoms with Crippen LogP contribution in [0.2, 0.25) is 0 Å². The van der Waals surface area contributed by atoms with Gasteiger partial charge in [0.05, 0.1) is 5.92 Å². The lowest BCUT2D eigenvalue weighted by atomic mass is 9.87. The second kappa shape index (κ2) is 5.32. The zero-order valence-electron chi connectivity index (χ0n) is 11.1. The fraction of sp³-hybridized carbons (Fsp3) is 0.286. The summed E-state index contributed by atoms with van der Waals surface area (Å²) in [6.45, 7) is 1.02. The number of hydrogen-bond acceptors (Lipinski definition) is 4. The van der Waals surface area contributed by atoms with Gasteiger partial charge in [-0.2, -0.15) is 4.39 Å². The van der Waals surface area contributed by atoms with Crippen molar-refractivity contribution in [3.05, 3.63) is 41.4 Å². The third-order valence-corrected chi connectivity index (χ3v) is 3.22. The molecule has 2 rings (SSSR count). The number of rotatable bonds is 3. The second-order valence-electron chi connectivity index (χ2n) is 4.48. The number of ether oxygens (including phenoxy) is 1. The first-order valence-corrected chi connectivity index (χ1v) is 6.02. The fourth-order valence-corrected chi connectivity index (χ4v) is 2.28. The SMILES string of the molecule is CC(=O)OCC1C(C(=O)O)=C(F)N(C)c2ccccc21. The van der Waals surface area contributed by atoms with E-state index in [1.54, 1.807) is 24.3 Å². The summed E-state index contributed by atoms with van der Waals surface area (Å²) in [5.74, 6) is -3.55. The molecule has 0 aromatic heterocycles. The number of fused-ring (bicyclic) bond motifs is 1. The fourth-order valence-electron chi connectivity index (χ4n) is 2.28. The molecule has 1 unspecified atom stereocenters. The smallest absolute Gasteiger partial charge is 0.336 e. The normalized spacial score (nSPS) is 17.8. The number of hydrogen-bond donors (Lipinski definition) is 1. The van der Waals surface area contributed by atoms with E-state index in [2.05, 4.69) is 0 Å². The summed E-state index contributed by atoms with van der Waals surface area (Å²) in [7, 11) is 1.46. The van der Waals surface area contributed by atoms with Crippen LogP contribution in [-0.2, 0) is 14.3 Å². The van der Waals surface area contributed by atoms with E-state index in [0.29, 0.717) is 11.3 Å². The number of halogens is 1. The van der Waals surface area contributed by atoms with Gasteiger partial charge < -0.3 is 14.7 Å². The molecule has 0 radical (unpaired) electrons. The molecular formula is C14H14FNO4. The van der Waals surface area contributed by atoms with Crippen molar-refractivity contribution in [1.82, 2.24) is 0 Å². The number of carboxylic acids is 1. The Morgan fingerprint density at radius 2 is 2.05 bits per heavy atom. The molecule has 5 nitrogen and oxygen atoms in total. The van der Waals surface area contributed by atoms with Crippen LogP contribution in [0.4, 0.5) is 10.1 Å². The van der Waals surface area contributed by atoms with Crippen molar-refractivity contribution in [2.24, 2.45) is 0 Å². The summed E-state index contributed by atoms with van der Waals surface area (Å²) >= 11 is 0. The van der Waals surface area contributed by atoms with Crippen molar-refractivity contribution in [2.45, 2.75) is 12.8 Å². The van der Waals surface area contributed by atoms with Gasteiger partial charge in [-0.25, -0.2) is 4.79 Å². The number of carbonyl (C=O) groups is 2. The van der Waals surface area contributed by atoms with Gasteiger partial charge in [-0.05, 0) is 11.6 Å². The van der Waals surface area contributed by atoms with Crippen LogP contribution >= 0.6 is 0 Å². The molecule has 6 heteroatoms. The van der Waals surface area contributed by atoms with Crippen LogP contribution in [0.15, 0.2) is 35.8 Å². The lowest BCUT2D eigenvalue weighted by molar-refractivity contribution is -0.142. The van der Waals surface area contributed by atoms with Crippen LogP contribution in [0.25, 0.3) is 0 Å². The third kappa shape index (κ3) is 2.36. The molecule has 0 aliphatic carbocycles. The molecule has 0 amide bonds. The highest BCUT2D eigenvalue weighted by atomic mass is 19.1. The minimum Gasteiger partial charge on any atom is -0.478 e. The molecule has 1 aromatic carbocycles. The van der Waals surface area contributed by atoms with Crippen molar-refractivity contribution in [3.63, 3.8) is 0 Å². The Kier molecular flexibility index (Phi) is 3.74. The Morgan fingerprint density at radius 3 is 2.65 bits per heavy atom. The van der Waals surface area contributed by atoms with E-state index in [1.807, 2.05) is 0 Å². The highest BCUT2D eigenvalue weighted by Gasteiger charge is 2.36. The molecule has 106 valence electrons. The van der Waals surface area contributed by atoms with Gasteiger partial charge in [0.25, 0.3) is 0 Å². The van der Waals surface area contributed by atoms with Crippen molar-refractivity contribution in [3.8, 4) is 0 Å². The second-order valence-corrected chi connectivity index (χ2v) is 4.48. The van der Waals surface area contributed by atoms with Crippen molar-refractivity contribution in [1.29, 1.82) is 0 Å². The van der Waals surface area contributed by atoms with Gasteiger partial charge in [0.15, 0.2) is 0 Å². The summed E-state index contributed by atoms with van der Waals surface area (Å²) in [6.07, 6.45) is 0. The first-order valence-electron chi connectivity index (χ1n) is 6.02. The zero-order chi connectivity index (χ0) is 14.9. The Balaban J connectivity index is 2.51. The predicted molar refractivity (Wildman–Crippen MR) is 70.0 cm³/mol. The van der Waals surface area contributed by atoms with Crippen molar-refractivity contribution in [2.75, 3.05) is 18.6 Å². The summed E-state index contributed by atoms with van der Waals surface area (Å²) < 4.78 is 19.1. The molecule has 1 N–H and O–H groups in total. The lowest BCUT2D eigenvalue weighted by Crippen LogP contribution is -2.30. The number of aliphatic carboxylic acids is 1. The molecule has 0 saturated carbocycles. The summed E-state index contributed by atoms with van der Waals surface area (Å²) in [5, 5.41) is 9.22. The highest BCUT2D eigenvalue weighted by molar-refractivity contribution is 5.92. The van der Waals surface area contributed by atoms with Gasteiger partial charge in [0.1, 0.15) is 12.2 Å². The predicted octanol–water partition coefficient (Wildman–Crippen LogP) is 2.05. The maximum Gasteiger partial charge on any atom is 0.336 e. The van der Waals surface area contributed by atoms with E-state index in [4.69, 9.17) is 4.74 Å². The first-order chi connectivity index (χ1) is 9.43. The maximum absolute atomic E-state index is 14.2. The van der Waals surface area contributed by atoms with Crippen molar-refractivity contribution >= 4 is 17.6 Å². The molecule has 1 aromatic rings. The number of nitrogens with zero attached hydrogens (tertiary/aromatic N) is 1. The standard InChI is InChI=1S/C14H14FNO4/c1-8(17)20-7-10-9-5-3-4-6-11(9)16(2)13(15)12(10)14(18)19/h3-6,10H,7H2,1-2H3,(H,18,19). The van der Waals surface area contributed by atoms with Gasteiger partial charge in [0, 0.05) is 19.7 Å².